The van der Waals surface area contributed by atoms with Crippen LogP contribution in [0.25, 0.3) is 0 Å². The molecule has 1 aliphatic heterocycles. The summed E-state index contributed by atoms with van der Waals surface area (Å²) in [6.45, 7) is 4.00. The molecule has 2 unspecified atom stereocenters. The fourth-order valence-corrected chi connectivity index (χ4v) is 4.60. The normalized spacial score (nSPS) is 22.7. The lowest BCUT2D eigenvalue weighted by atomic mass is 9.81. The predicted molar refractivity (Wildman–Crippen MR) is 114 cm³/mol. The van der Waals surface area contributed by atoms with Gasteiger partial charge in [-0.2, -0.15) is 13.2 Å². The maximum atomic E-state index is 13.6. The van der Waals surface area contributed by atoms with Crippen LogP contribution in [-0.2, 0) is 11.2 Å². The van der Waals surface area contributed by atoms with Gasteiger partial charge in [0.05, 0.1) is 5.92 Å². The topological polar surface area (TPSA) is 89.9 Å². The van der Waals surface area contributed by atoms with Crippen molar-refractivity contribution in [3.63, 3.8) is 0 Å². The maximum Gasteiger partial charge on any atom is 0.408 e. The van der Waals surface area contributed by atoms with Gasteiger partial charge in [0.2, 0.25) is 5.91 Å². The number of aliphatic hydroxyl groups is 2. The minimum atomic E-state index is -4.67. The monoisotopic (exact) mass is 478 g/mol. The first-order chi connectivity index (χ1) is 15.1. The molecule has 1 aromatic carbocycles. The molecule has 180 valence electrons. The van der Waals surface area contributed by atoms with Crippen LogP contribution in [0.4, 0.5) is 18.0 Å². The van der Waals surface area contributed by atoms with E-state index >= 15 is 0 Å². The van der Waals surface area contributed by atoms with E-state index in [9.17, 15) is 33.0 Å². The number of halogens is 4. The van der Waals surface area contributed by atoms with Crippen molar-refractivity contribution in [3.8, 4) is 0 Å². The number of hydrogen-bond acceptors (Lipinski definition) is 4. The highest BCUT2D eigenvalue weighted by Crippen LogP contribution is 2.37. The molecule has 1 saturated heterocycles. The van der Waals surface area contributed by atoms with Crippen molar-refractivity contribution < 1.29 is 33.0 Å². The van der Waals surface area contributed by atoms with E-state index in [1.54, 1.807) is 24.3 Å². The number of urea groups is 1. The third kappa shape index (κ3) is 5.94. The Hall–Kier alpha value is -1.84. The van der Waals surface area contributed by atoms with E-state index in [0.29, 0.717) is 41.2 Å². The second-order valence-corrected chi connectivity index (χ2v) is 8.29. The summed E-state index contributed by atoms with van der Waals surface area (Å²) in [5, 5.41) is 21.7. The molecule has 2 aliphatic rings. The summed E-state index contributed by atoms with van der Waals surface area (Å²) in [6.07, 6.45) is -3.91. The summed E-state index contributed by atoms with van der Waals surface area (Å²) in [4.78, 5) is 25.6. The summed E-state index contributed by atoms with van der Waals surface area (Å²) >= 11 is 6.07. The van der Waals surface area contributed by atoms with Crippen LogP contribution in [0.5, 0.6) is 0 Å². The summed E-state index contributed by atoms with van der Waals surface area (Å²) < 4.78 is 40.7. The molecular weight excluding hydrogens is 449 g/mol. The van der Waals surface area contributed by atoms with E-state index in [2.05, 4.69) is 0 Å². The van der Waals surface area contributed by atoms with Crippen molar-refractivity contribution in [1.29, 1.82) is 0 Å². The number of amides is 3. The van der Waals surface area contributed by atoms with Gasteiger partial charge in [-0.15, -0.1) is 0 Å². The Labute approximate surface area is 190 Å². The molecule has 0 bridgehead atoms. The van der Waals surface area contributed by atoms with E-state index < -0.39 is 48.3 Å². The van der Waals surface area contributed by atoms with Crippen LogP contribution < -0.4 is 5.32 Å². The van der Waals surface area contributed by atoms with Crippen LogP contribution in [0.3, 0.4) is 0 Å². The van der Waals surface area contributed by atoms with Gasteiger partial charge in [0.15, 0.2) is 6.29 Å². The Morgan fingerprint density at radius 3 is 2.31 bits per heavy atom. The SMILES string of the molecule is CC.O=C(NC(C1CCCCC1)C(F)(F)F)N1C(=O)[C@H](Cc2ccccc2Cl)C1C(O)O. The van der Waals surface area contributed by atoms with Crippen molar-refractivity contribution in [2.24, 2.45) is 11.8 Å². The number of imide groups is 1. The molecule has 6 nitrogen and oxygen atoms in total. The fourth-order valence-electron chi connectivity index (χ4n) is 4.39. The average molecular weight is 479 g/mol. The van der Waals surface area contributed by atoms with Gasteiger partial charge in [-0.05, 0) is 36.8 Å². The number of nitrogens with one attached hydrogen (secondary N) is 1. The largest absolute Gasteiger partial charge is 0.408 e. The molecule has 0 aromatic heterocycles. The second-order valence-electron chi connectivity index (χ2n) is 7.88. The Morgan fingerprint density at radius 2 is 1.78 bits per heavy atom. The van der Waals surface area contributed by atoms with Gasteiger partial charge >= 0.3 is 12.2 Å². The number of β-lactam (4-membered cyclic amide) rings is 1. The first-order valence-electron chi connectivity index (χ1n) is 10.9. The molecule has 2 fully saturated rings. The van der Waals surface area contributed by atoms with Gasteiger partial charge in [0.25, 0.3) is 0 Å². The van der Waals surface area contributed by atoms with Crippen molar-refractivity contribution in [1.82, 2.24) is 10.2 Å². The number of aliphatic hydroxyl groups excluding tert-OH is 1. The van der Waals surface area contributed by atoms with Crippen molar-refractivity contribution in [3.05, 3.63) is 34.9 Å². The van der Waals surface area contributed by atoms with E-state index in [-0.39, 0.29) is 6.42 Å². The van der Waals surface area contributed by atoms with Gasteiger partial charge in [0.1, 0.15) is 12.1 Å². The third-order valence-corrected chi connectivity index (χ3v) is 6.31. The minimum Gasteiger partial charge on any atom is -0.366 e. The second kappa shape index (κ2) is 11.3. The quantitative estimate of drug-likeness (QED) is 0.435. The van der Waals surface area contributed by atoms with Crippen LogP contribution in [0.15, 0.2) is 24.3 Å². The maximum absolute atomic E-state index is 13.6. The number of hydrogen-bond donors (Lipinski definition) is 3. The number of rotatable bonds is 5. The minimum absolute atomic E-state index is 0.0376. The number of likely N-dealkylation sites (tertiary alicyclic amines) is 1. The van der Waals surface area contributed by atoms with Crippen LogP contribution in [0.2, 0.25) is 5.02 Å². The van der Waals surface area contributed by atoms with Crippen LogP contribution in [-0.4, -0.2) is 51.6 Å². The standard InChI is InChI=1S/C20H24ClF3N2O4.C2H6/c21-14-9-5-4-8-12(14)10-13-15(18(28)29)26(17(13)27)19(30)25-16(20(22,23)24)11-6-2-1-3-7-11;1-2/h4-5,8-9,11,13,15-16,18,28-29H,1-3,6-7,10H2,(H,25,30);1-2H3/t13-,15?,16?;/m1./s1. The molecule has 1 heterocycles. The van der Waals surface area contributed by atoms with Gasteiger partial charge in [-0.25, -0.2) is 4.79 Å². The third-order valence-electron chi connectivity index (χ3n) is 5.94. The number of benzene rings is 1. The van der Waals surface area contributed by atoms with Crippen LogP contribution >= 0.6 is 11.6 Å². The summed E-state index contributed by atoms with van der Waals surface area (Å²) in [5.41, 5.74) is 0.568. The zero-order valence-corrected chi connectivity index (χ0v) is 18.9. The Balaban J connectivity index is 0.00000176. The Morgan fingerprint density at radius 1 is 1.19 bits per heavy atom. The van der Waals surface area contributed by atoms with Crippen molar-refractivity contribution in [2.45, 2.75) is 76.9 Å². The number of alkyl halides is 3. The molecule has 1 aliphatic carbocycles. The van der Waals surface area contributed by atoms with Crippen molar-refractivity contribution >= 4 is 23.5 Å². The van der Waals surface area contributed by atoms with Gasteiger partial charge in [-0.3, -0.25) is 9.69 Å². The molecule has 3 atom stereocenters. The summed E-state index contributed by atoms with van der Waals surface area (Å²) in [6, 6.07) is 1.94. The average Bonchev–Trinajstić information content (AvgIpc) is 2.75. The first kappa shape index (κ1) is 26.4. The molecule has 3 rings (SSSR count). The molecular formula is C22H30ClF3N2O4. The zero-order valence-electron chi connectivity index (χ0n) is 18.1. The molecule has 0 spiro atoms. The fraction of sp³-hybridized carbons (Fsp3) is 0.636. The lowest BCUT2D eigenvalue weighted by molar-refractivity contribution is -0.182. The predicted octanol–water partition coefficient (Wildman–Crippen LogP) is 4.27. The molecule has 3 N–H and O–H groups in total. The van der Waals surface area contributed by atoms with Crippen molar-refractivity contribution in [2.75, 3.05) is 0 Å². The van der Waals surface area contributed by atoms with Crippen LogP contribution in [0.1, 0.15) is 51.5 Å². The Bertz CT molecular complexity index is 785. The summed E-state index contributed by atoms with van der Waals surface area (Å²) in [7, 11) is 0. The van der Waals surface area contributed by atoms with Crippen LogP contribution in [0, 0.1) is 11.8 Å². The van der Waals surface area contributed by atoms with E-state index in [1.807, 2.05) is 19.2 Å². The molecule has 3 amide bonds. The first-order valence-corrected chi connectivity index (χ1v) is 11.3. The molecule has 1 aromatic rings. The lowest BCUT2D eigenvalue weighted by Crippen LogP contribution is -2.71. The van der Waals surface area contributed by atoms with E-state index in [0.717, 1.165) is 6.42 Å². The lowest BCUT2D eigenvalue weighted by Gasteiger charge is -2.47. The van der Waals surface area contributed by atoms with Gasteiger partial charge in [-0.1, -0.05) is 62.9 Å². The highest BCUT2D eigenvalue weighted by molar-refractivity contribution is 6.31. The zero-order chi connectivity index (χ0) is 24.1. The molecule has 0 radical (unpaired) electrons. The molecule has 1 saturated carbocycles. The van der Waals surface area contributed by atoms with E-state index in [4.69, 9.17) is 11.6 Å². The van der Waals surface area contributed by atoms with Gasteiger partial charge < -0.3 is 15.5 Å². The molecule has 10 heteroatoms. The smallest absolute Gasteiger partial charge is 0.366 e. The number of nitrogens with zero attached hydrogens (tertiary/aromatic N) is 1. The summed E-state index contributed by atoms with van der Waals surface area (Å²) in [5.74, 6) is -2.51. The Kier molecular flexibility index (Phi) is 9.36. The van der Waals surface area contributed by atoms with E-state index in [1.165, 1.54) is 0 Å². The van der Waals surface area contributed by atoms with Gasteiger partial charge in [0, 0.05) is 5.02 Å². The molecule has 32 heavy (non-hydrogen) atoms. The highest BCUT2D eigenvalue weighted by atomic mass is 35.5. The number of carbonyl (C=O) groups is 2. The highest BCUT2D eigenvalue weighted by Gasteiger charge is 2.55. The number of carbonyl (C=O) groups excluding carboxylic acids is 2.